The predicted octanol–water partition coefficient (Wildman–Crippen LogP) is 11.9. The van der Waals surface area contributed by atoms with E-state index in [1.54, 1.807) is 0 Å². The van der Waals surface area contributed by atoms with Gasteiger partial charge in [0.25, 0.3) is 0 Å². The highest BCUT2D eigenvalue weighted by molar-refractivity contribution is 6.14. The van der Waals surface area contributed by atoms with E-state index in [1.165, 1.54) is 27.4 Å². The van der Waals surface area contributed by atoms with E-state index in [2.05, 4.69) is 150 Å². The molecule has 0 atom stereocenters. The maximum absolute atomic E-state index is 5.22. The molecule has 0 amide bonds. The molecule has 10 rings (SSSR count). The van der Waals surface area contributed by atoms with E-state index in [9.17, 15) is 0 Å². The number of para-hydroxylation sites is 3. The fraction of sp³-hybridized carbons (Fsp3) is 0. The highest BCUT2D eigenvalue weighted by atomic mass is 15.0. The summed E-state index contributed by atoms with van der Waals surface area (Å²) in [5.41, 5.74) is 12.4. The molecule has 0 bridgehead atoms. The van der Waals surface area contributed by atoms with Gasteiger partial charge in [0.1, 0.15) is 5.52 Å². The highest BCUT2D eigenvalue weighted by Gasteiger charge is 2.18. The van der Waals surface area contributed by atoms with Gasteiger partial charge in [0.15, 0.2) is 5.82 Å². The Hall–Kier alpha value is -6.91. The maximum Gasteiger partial charge on any atom is 0.160 e. The lowest BCUT2D eigenvalue weighted by Gasteiger charge is -2.13. The van der Waals surface area contributed by atoms with Crippen molar-refractivity contribution < 1.29 is 0 Å². The van der Waals surface area contributed by atoms with Crippen molar-refractivity contribution in [1.29, 1.82) is 0 Å². The topological polar surface area (TPSA) is 43.6 Å². The summed E-state index contributed by atoms with van der Waals surface area (Å²) in [5, 5.41) is 4.49. The summed E-state index contributed by atoms with van der Waals surface area (Å²) in [5.74, 6) is 0.679. The monoisotopic (exact) mass is 650 g/mol. The summed E-state index contributed by atoms with van der Waals surface area (Å²) >= 11 is 0. The van der Waals surface area contributed by atoms with Crippen molar-refractivity contribution in [2.75, 3.05) is 0 Å². The van der Waals surface area contributed by atoms with Crippen LogP contribution in [0.4, 0.5) is 0 Å². The lowest BCUT2D eigenvalue weighted by molar-refractivity contribution is 1.18. The first-order valence-electron chi connectivity index (χ1n) is 17.2. The molecule has 0 fully saturated rings. The zero-order valence-electron chi connectivity index (χ0n) is 27.6. The molecule has 0 aliphatic heterocycles. The van der Waals surface area contributed by atoms with Gasteiger partial charge >= 0.3 is 0 Å². The lowest BCUT2D eigenvalue weighted by atomic mass is 9.98. The third-order valence-corrected chi connectivity index (χ3v) is 9.81. The highest BCUT2D eigenvalue weighted by Crippen LogP contribution is 2.39. The van der Waals surface area contributed by atoms with Crippen LogP contribution in [-0.2, 0) is 0 Å². The van der Waals surface area contributed by atoms with Crippen LogP contribution in [0.1, 0.15) is 0 Å². The Bertz CT molecular complexity index is 2880. The van der Waals surface area contributed by atoms with Crippen molar-refractivity contribution in [3.05, 3.63) is 182 Å². The summed E-state index contributed by atoms with van der Waals surface area (Å²) in [7, 11) is 0. The quantitative estimate of drug-likeness (QED) is 0.174. The van der Waals surface area contributed by atoms with Crippen LogP contribution in [0.15, 0.2) is 182 Å². The smallest absolute Gasteiger partial charge is 0.160 e. The van der Waals surface area contributed by atoms with Crippen molar-refractivity contribution in [2.45, 2.75) is 0 Å². The molecule has 0 aliphatic carbocycles. The molecule has 0 aliphatic rings. The van der Waals surface area contributed by atoms with Crippen LogP contribution in [0.25, 0.3) is 94.3 Å². The molecular weight excluding hydrogens is 621 g/mol. The lowest BCUT2D eigenvalue weighted by Crippen LogP contribution is -1.97. The first kappa shape index (κ1) is 29.0. The van der Waals surface area contributed by atoms with E-state index in [4.69, 9.17) is 15.0 Å². The Morgan fingerprint density at radius 3 is 1.80 bits per heavy atom. The third kappa shape index (κ3) is 4.88. The molecule has 0 saturated heterocycles. The van der Waals surface area contributed by atoms with Gasteiger partial charge in [-0.05, 0) is 35.9 Å². The van der Waals surface area contributed by atoms with Gasteiger partial charge in [-0.15, -0.1) is 0 Å². The first-order chi connectivity index (χ1) is 25.3. The van der Waals surface area contributed by atoms with Crippen molar-refractivity contribution in [3.63, 3.8) is 0 Å². The minimum absolute atomic E-state index is 0.679. The number of hydrogen-bond donors (Lipinski definition) is 0. The fourth-order valence-electron chi connectivity index (χ4n) is 7.39. The minimum atomic E-state index is 0.679. The molecule has 7 aromatic carbocycles. The van der Waals surface area contributed by atoms with Crippen molar-refractivity contribution in [2.24, 2.45) is 0 Å². The number of nitrogens with zero attached hydrogens (tertiary/aromatic N) is 4. The molecular formula is C47H30N4. The van der Waals surface area contributed by atoms with Crippen molar-refractivity contribution >= 4 is 43.6 Å². The fourth-order valence-corrected chi connectivity index (χ4v) is 7.39. The summed E-state index contributed by atoms with van der Waals surface area (Å²) in [6.07, 6.45) is 0. The second-order valence-corrected chi connectivity index (χ2v) is 12.8. The maximum atomic E-state index is 5.22. The number of hydrogen-bond acceptors (Lipinski definition) is 3. The average Bonchev–Trinajstić information content (AvgIpc) is 3.56. The summed E-state index contributed by atoms with van der Waals surface area (Å²) in [6, 6.07) is 63.7. The van der Waals surface area contributed by atoms with E-state index < -0.39 is 0 Å². The molecule has 0 unspecified atom stereocenters. The zero-order valence-corrected chi connectivity index (χ0v) is 27.6. The second-order valence-electron chi connectivity index (χ2n) is 12.8. The predicted molar refractivity (Wildman–Crippen MR) is 211 cm³/mol. The Morgan fingerprint density at radius 2 is 1.02 bits per heavy atom. The van der Waals surface area contributed by atoms with E-state index >= 15 is 0 Å². The van der Waals surface area contributed by atoms with Crippen molar-refractivity contribution in [1.82, 2.24) is 19.5 Å². The second kappa shape index (κ2) is 11.9. The molecule has 4 heteroatoms. The van der Waals surface area contributed by atoms with Gasteiger partial charge in [-0.1, -0.05) is 152 Å². The van der Waals surface area contributed by atoms with Crippen LogP contribution >= 0.6 is 0 Å². The van der Waals surface area contributed by atoms with Crippen LogP contribution in [-0.4, -0.2) is 19.5 Å². The molecule has 4 nitrogen and oxygen atoms in total. The van der Waals surface area contributed by atoms with Gasteiger partial charge < -0.3 is 4.57 Å². The van der Waals surface area contributed by atoms with Gasteiger partial charge in [0.05, 0.1) is 27.9 Å². The first-order valence-corrected chi connectivity index (χ1v) is 17.2. The number of fused-ring (bicyclic) bond motifs is 6. The minimum Gasteiger partial charge on any atom is -0.309 e. The molecule has 0 radical (unpaired) electrons. The number of aromatic nitrogens is 4. The molecule has 0 saturated carbocycles. The van der Waals surface area contributed by atoms with E-state index in [-0.39, 0.29) is 0 Å². The Balaban J connectivity index is 1.17. The molecule has 51 heavy (non-hydrogen) atoms. The standard InChI is InChI=1S/C47H30N4/c1-4-13-32(14-5-1)41-30-28-34-27-29-40-43(49-47(35-15-6-2-7-16-35)50-45(40)44(34)48-41)33-25-23-31(24-26-33)37-20-12-21-39-38-19-10-11-22-42(38)51(46(37)39)36-17-8-3-9-18-36/h1-30H. The Labute approximate surface area is 295 Å². The van der Waals surface area contributed by atoms with Crippen LogP contribution in [0.3, 0.4) is 0 Å². The summed E-state index contributed by atoms with van der Waals surface area (Å²) < 4.78 is 2.39. The molecule has 3 heterocycles. The molecule has 3 aromatic heterocycles. The largest absolute Gasteiger partial charge is 0.309 e. The number of rotatable bonds is 5. The van der Waals surface area contributed by atoms with Gasteiger partial charge in [-0.2, -0.15) is 0 Å². The zero-order chi connectivity index (χ0) is 33.7. The normalized spacial score (nSPS) is 11.5. The Morgan fingerprint density at radius 1 is 0.373 bits per heavy atom. The molecule has 238 valence electrons. The average molecular weight is 651 g/mol. The molecule has 0 spiro atoms. The number of pyridine rings is 1. The van der Waals surface area contributed by atoms with Crippen LogP contribution in [0, 0.1) is 0 Å². The van der Waals surface area contributed by atoms with Crippen LogP contribution in [0.5, 0.6) is 0 Å². The van der Waals surface area contributed by atoms with Crippen LogP contribution in [0.2, 0.25) is 0 Å². The van der Waals surface area contributed by atoms with Gasteiger partial charge in [-0.25, -0.2) is 15.0 Å². The molecule has 10 aromatic rings. The van der Waals surface area contributed by atoms with E-state index in [0.717, 1.165) is 61.1 Å². The Kier molecular flexibility index (Phi) is 6.78. The van der Waals surface area contributed by atoms with Gasteiger partial charge in [0, 0.05) is 49.5 Å². The third-order valence-electron chi connectivity index (χ3n) is 9.81. The van der Waals surface area contributed by atoms with E-state index in [1.807, 2.05) is 36.4 Å². The SMILES string of the molecule is c1ccc(-c2ccc3ccc4c(-c5ccc(-c6cccc7c8ccccc8n(-c8ccccc8)c67)cc5)nc(-c5ccccc5)nc4c3n2)cc1. The molecule has 0 N–H and O–H groups in total. The summed E-state index contributed by atoms with van der Waals surface area (Å²) in [4.78, 5) is 15.6. The van der Waals surface area contributed by atoms with E-state index in [0.29, 0.717) is 5.82 Å². The van der Waals surface area contributed by atoms with Gasteiger partial charge in [-0.3, -0.25) is 0 Å². The van der Waals surface area contributed by atoms with Crippen molar-refractivity contribution in [3.8, 4) is 50.7 Å². The van der Waals surface area contributed by atoms with Gasteiger partial charge in [0.2, 0.25) is 0 Å². The summed E-state index contributed by atoms with van der Waals surface area (Å²) in [6.45, 7) is 0. The van der Waals surface area contributed by atoms with Crippen LogP contribution < -0.4 is 0 Å². The number of benzene rings is 7.